The van der Waals surface area contributed by atoms with E-state index in [-0.39, 0.29) is 0 Å². The normalized spacial score (nSPS) is 13.1. The van der Waals surface area contributed by atoms with E-state index in [4.69, 9.17) is 4.74 Å². The van der Waals surface area contributed by atoms with Crippen LogP contribution in [0.2, 0.25) is 0 Å². The van der Waals surface area contributed by atoms with Gasteiger partial charge < -0.3 is 4.74 Å². The molecule has 1 aromatic heterocycles. The minimum atomic E-state index is 0.461. The first-order valence-corrected chi connectivity index (χ1v) is 6.36. The number of hydrogen-bond acceptors (Lipinski definition) is 4. The summed E-state index contributed by atoms with van der Waals surface area (Å²) in [6, 6.07) is 7.36. The quantitative estimate of drug-likeness (QED) is 0.786. The van der Waals surface area contributed by atoms with Crippen LogP contribution in [-0.4, -0.2) is 16.3 Å². The number of carbonyl (C=O) groups is 1. The fourth-order valence-corrected chi connectivity index (χ4v) is 2.30. The zero-order valence-corrected chi connectivity index (χ0v) is 10.5. The fraction of sp³-hybridized carbons (Fsp3) is 0.267. The molecule has 0 N–H and O–H groups in total. The highest BCUT2D eigenvalue weighted by Gasteiger charge is 2.17. The zero-order valence-electron chi connectivity index (χ0n) is 10.5. The van der Waals surface area contributed by atoms with E-state index in [0.29, 0.717) is 18.1 Å². The number of benzene rings is 1. The van der Waals surface area contributed by atoms with E-state index < -0.39 is 0 Å². The Morgan fingerprint density at radius 3 is 2.79 bits per heavy atom. The predicted octanol–water partition coefficient (Wildman–Crippen LogP) is 2.36. The second-order valence-corrected chi connectivity index (χ2v) is 4.61. The molecule has 0 bridgehead atoms. The Balaban J connectivity index is 1.72. The van der Waals surface area contributed by atoms with Crippen LogP contribution < -0.4 is 4.74 Å². The Labute approximate surface area is 111 Å². The maximum atomic E-state index is 10.6. The molecule has 19 heavy (non-hydrogen) atoms. The number of aryl methyl sites for hydroxylation is 1. The zero-order chi connectivity index (χ0) is 13.1. The lowest BCUT2D eigenvalue weighted by Gasteiger charge is -2.08. The first-order chi connectivity index (χ1) is 9.36. The molecule has 0 aliphatic heterocycles. The molecule has 0 unspecified atom stereocenters. The van der Waals surface area contributed by atoms with E-state index in [1.807, 2.05) is 12.1 Å². The smallest absolute Gasteiger partial charge is 0.220 e. The van der Waals surface area contributed by atoms with Gasteiger partial charge in [0.25, 0.3) is 0 Å². The number of fused-ring (bicyclic) bond motifs is 1. The first kappa shape index (κ1) is 11.8. The third kappa shape index (κ3) is 2.47. The second-order valence-electron chi connectivity index (χ2n) is 4.61. The molecule has 0 amide bonds. The van der Waals surface area contributed by atoms with E-state index in [0.717, 1.165) is 42.4 Å². The molecule has 0 spiro atoms. The molecule has 1 aliphatic rings. The summed E-state index contributed by atoms with van der Waals surface area (Å²) in [5.74, 6) is 0.696. The van der Waals surface area contributed by atoms with Gasteiger partial charge in [-0.1, -0.05) is 24.3 Å². The van der Waals surface area contributed by atoms with E-state index in [1.54, 1.807) is 18.5 Å². The average molecular weight is 254 g/mol. The Bertz CT molecular complexity index is 594. The van der Waals surface area contributed by atoms with Crippen LogP contribution in [0.25, 0.3) is 0 Å². The Morgan fingerprint density at radius 1 is 1.16 bits per heavy atom. The number of aldehydes is 1. The van der Waals surface area contributed by atoms with Crippen molar-refractivity contribution in [3.05, 3.63) is 53.0 Å². The van der Waals surface area contributed by atoms with Gasteiger partial charge in [0.1, 0.15) is 19.2 Å². The van der Waals surface area contributed by atoms with Crippen molar-refractivity contribution < 1.29 is 9.53 Å². The molecular formula is C15H14N2O2. The summed E-state index contributed by atoms with van der Waals surface area (Å²) in [5, 5.41) is 0. The molecular weight excluding hydrogens is 240 g/mol. The van der Waals surface area contributed by atoms with Gasteiger partial charge >= 0.3 is 0 Å². The van der Waals surface area contributed by atoms with E-state index in [1.165, 1.54) is 0 Å². The number of carbonyl (C=O) groups excluding carboxylic acids is 1. The first-order valence-electron chi connectivity index (χ1n) is 6.36. The topological polar surface area (TPSA) is 52.1 Å². The van der Waals surface area contributed by atoms with Crippen molar-refractivity contribution in [3.8, 4) is 5.88 Å². The minimum absolute atomic E-state index is 0.461. The largest absolute Gasteiger partial charge is 0.473 e. The van der Waals surface area contributed by atoms with Gasteiger partial charge in [-0.2, -0.15) is 0 Å². The van der Waals surface area contributed by atoms with Gasteiger partial charge in [-0.25, -0.2) is 9.97 Å². The molecule has 1 aliphatic carbocycles. The van der Waals surface area contributed by atoms with Gasteiger partial charge in [-0.05, 0) is 24.8 Å². The van der Waals surface area contributed by atoms with Crippen LogP contribution in [0.1, 0.15) is 33.6 Å². The van der Waals surface area contributed by atoms with Gasteiger partial charge in [-0.15, -0.1) is 0 Å². The molecule has 0 atom stereocenters. The Morgan fingerprint density at radius 2 is 2.00 bits per heavy atom. The molecule has 1 aromatic carbocycles. The monoisotopic (exact) mass is 254 g/mol. The number of ether oxygens (including phenoxy) is 1. The van der Waals surface area contributed by atoms with Crippen molar-refractivity contribution in [2.75, 3.05) is 0 Å². The summed E-state index contributed by atoms with van der Waals surface area (Å²) in [6.07, 6.45) is 5.53. The Hall–Kier alpha value is -2.23. The molecule has 3 rings (SSSR count). The highest BCUT2D eigenvalue weighted by molar-refractivity contribution is 5.74. The molecule has 0 radical (unpaired) electrons. The maximum Gasteiger partial charge on any atom is 0.220 e. The lowest BCUT2D eigenvalue weighted by atomic mass is 10.1. The number of rotatable bonds is 4. The van der Waals surface area contributed by atoms with Gasteiger partial charge in [0.15, 0.2) is 0 Å². The molecule has 0 saturated carbocycles. The Kier molecular flexibility index (Phi) is 3.23. The molecule has 0 fully saturated rings. The van der Waals surface area contributed by atoms with Crippen molar-refractivity contribution in [1.29, 1.82) is 0 Å². The lowest BCUT2D eigenvalue weighted by Crippen LogP contribution is -2.02. The standard InChI is InChI=1S/C15H14N2O2/c18-8-11-4-6-12(7-5-11)9-19-15-13-2-1-3-14(13)16-10-17-15/h4-8,10H,1-3,9H2. The molecule has 2 aromatic rings. The average Bonchev–Trinajstić information content (AvgIpc) is 2.94. The molecule has 0 saturated heterocycles. The van der Waals surface area contributed by atoms with Gasteiger partial charge in [0, 0.05) is 11.1 Å². The highest BCUT2D eigenvalue weighted by Crippen LogP contribution is 2.27. The van der Waals surface area contributed by atoms with E-state index >= 15 is 0 Å². The maximum absolute atomic E-state index is 10.6. The van der Waals surface area contributed by atoms with Crippen molar-refractivity contribution in [1.82, 2.24) is 9.97 Å². The van der Waals surface area contributed by atoms with Crippen LogP contribution >= 0.6 is 0 Å². The van der Waals surface area contributed by atoms with Crippen LogP contribution in [0, 0.1) is 0 Å². The fourth-order valence-electron chi connectivity index (χ4n) is 2.30. The van der Waals surface area contributed by atoms with Crippen LogP contribution in [0.4, 0.5) is 0 Å². The van der Waals surface area contributed by atoms with E-state index in [2.05, 4.69) is 9.97 Å². The van der Waals surface area contributed by atoms with Crippen molar-refractivity contribution >= 4 is 6.29 Å². The SMILES string of the molecule is O=Cc1ccc(COc2ncnc3c2CCC3)cc1. The number of aromatic nitrogens is 2. The van der Waals surface area contributed by atoms with Crippen molar-refractivity contribution in [3.63, 3.8) is 0 Å². The molecule has 4 heteroatoms. The third-order valence-corrected chi connectivity index (χ3v) is 3.33. The third-order valence-electron chi connectivity index (χ3n) is 3.33. The highest BCUT2D eigenvalue weighted by atomic mass is 16.5. The summed E-state index contributed by atoms with van der Waals surface area (Å²) in [7, 11) is 0. The summed E-state index contributed by atoms with van der Waals surface area (Å²) in [5.41, 5.74) is 3.95. The van der Waals surface area contributed by atoms with Gasteiger partial charge in [0.2, 0.25) is 5.88 Å². The van der Waals surface area contributed by atoms with Gasteiger partial charge in [-0.3, -0.25) is 4.79 Å². The molecule has 96 valence electrons. The van der Waals surface area contributed by atoms with Crippen molar-refractivity contribution in [2.24, 2.45) is 0 Å². The summed E-state index contributed by atoms with van der Waals surface area (Å²) >= 11 is 0. The van der Waals surface area contributed by atoms with Crippen LogP contribution in [0.15, 0.2) is 30.6 Å². The van der Waals surface area contributed by atoms with Crippen LogP contribution in [0.3, 0.4) is 0 Å². The second kappa shape index (κ2) is 5.18. The molecule has 4 nitrogen and oxygen atoms in total. The molecule has 1 heterocycles. The van der Waals surface area contributed by atoms with Gasteiger partial charge in [0.05, 0.1) is 5.69 Å². The van der Waals surface area contributed by atoms with Crippen LogP contribution in [-0.2, 0) is 19.4 Å². The summed E-state index contributed by atoms with van der Waals surface area (Å²) in [4.78, 5) is 19.1. The minimum Gasteiger partial charge on any atom is -0.473 e. The lowest BCUT2D eigenvalue weighted by molar-refractivity contribution is 0.112. The predicted molar refractivity (Wildman–Crippen MR) is 70.2 cm³/mol. The summed E-state index contributed by atoms with van der Waals surface area (Å²) in [6.45, 7) is 0.461. The van der Waals surface area contributed by atoms with E-state index in [9.17, 15) is 4.79 Å². The summed E-state index contributed by atoms with van der Waals surface area (Å²) < 4.78 is 5.77. The van der Waals surface area contributed by atoms with Crippen LogP contribution in [0.5, 0.6) is 5.88 Å². The van der Waals surface area contributed by atoms with Crippen molar-refractivity contribution in [2.45, 2.75) is 25.9 Å². The number of hydrogen-bond donors (Lipinski definition) is 0. The number of nitrogens with zero attached hydrogens (tertiary/aromatic N) is 2.